The molecule has 2 N–H and O–H groups in total. The van der Waals surface area contributed by atoms with Crippen molar-refractivity contribution in [2.75, 3.05) is 6.54 Å². The van der Waals surface area contributed by atoms with Gasteiger partial charge in [-0.3, -0.25) is 4.98 Å². The maximum atomic E-state index is 12.4. The topological polar surface area (TPSA) is 79.3 Å². The normalized spacial score (nSPS) is 13.5. The van der Waals surface area contributed by atoms with Crippen molar-refractivity contribution in [1.29, 1.82) is 0 Å². The molecule has 0 radical (unpaired) electrons. The fourth-order valence-corrected chi connectivity index (χ4v) is 3.55. The monoisotopic (exact) mass is 328 g/mol. The number of aliphatic hydroxyl groups excluding tert-OH is 1. The second-order valence-corrected chi connectivity index (χ2v) is 6.88. The van der Waals surface area contributed by atoms with Gasteiger partial charge in [0.1, 0.15) is 0 Å². The summed E-state index contributed by atoms with van der Waals surface area (Å²) in [5.74, 6) is 0. The molecular weight excluding hydrogens is 312 g/mol. The highest BCUT2D eigenvalue weighted by Gasteiger charge is 2.19. The molecule has 0 fully saturated rings. The van der Waals surface area contributed by atoms with Crippen molar-refractivity contribution in [3.05, 3.63) is 35.5 Å². The minimum Gasteiger partial charge on any atom is -0.392 e. The number of sulfonamides is 1. The van der Waals surface area contributed by atoms with E-state index in [2.05, 4.69) is 9.71 Å². The van der Waals surface area contributed by atoms with Gasteiger partial charge in [-0.15, -0.1) is 0 Å². The van der Waals surface area contributed by atoms with E-state index in [0.29, 0.717) is 22.3 Å². The lowest BCUT2D eigenvalue weighted by molar-refractivity contribution is 0.167. The molecular formula is C14H17ClN2O3S. The molecule has 0 saturated heterocycles. The zero-order valence-electron chi connectivity index (χ0n) is 11.6. The molecule has 5 nitrogen and oxygen atoms in total. The SMILES string of the molecule is CCCC(O)CNS(=O)(=O)c1ccc(Cl)c2ncccc12. The average molecular weight is 329 g/mol. The Hall–Kier alpha value is -1.21. The molecule has 1 atom stereocenters. The van der Waals surface area contributed by atoms with Crippen LogP contribution in [0, 0.1) is 0 Å². The summed E-state index contributed by atoms with van der Waals surface area (Å²) >= 11 is 6.03. The van der Waals surface area contributed by atoms with Crippen LogP contribution in [0.25, 0.3) is 10.9 Å². The summed E-state index contributed by atoms with van der Waals surface area (Å²) in [4.78, 5) is 4.22. The highest BCUT2D eigenvalue weighted by molar-refractivity contribution is 7.89. The summed E-state index contributed by atoms with van der Waals surface area (Å²) < 4.78 is 27.2. The Morgan fingerprint density at radius 2 is 2.14 bits per heavy atom. The summed E-state index contributed by atoms with van der Waals surface area (Å²) in [6.45, 7) is 1.91. The molecule has 1 unspecified atom stereocenters. The molecule has 1 aromatic carbocycles. The van der Waals surface area contributed by atoms with Gasteiger partial charge in [-0.25, -0.2) is 13.1 Å². The van der Waals surface area contributed by atoms with E-state index in [-0.39, 0.29) is 11.4 Å². The Bertz CT molecular complexity index is 734. The second-order valence-electron chi connectivity index (χ2n) is 4.74. The van der Waals surface area contributed by atoms with Crippen LogP contribution in [-0.2, 0) is 10.0 Å². The number of halogens is 1. The summed E-state index contributed by atoms with van der Waals surface area (Å²) in [5.41, 5.74) is 0.441. The first-order valence-electron chi connectivity index (χ1n) is 6.66. The van der Waals surface area contributed by atoms with E-state index in [1.165, 1.54) is 12.1 Å². The van der Waals surface area contributed by atoms with Crippen LogP contribution in [0.3, 0.4) is 0 Å². The maximum Gasteiger partial charge on any atom is 0.241 e. The van der Waals surface area contributed by atoms with Gasteiger partial charge in [-0.05, 0) is 30.7 Å². The highest BCUT2D eigenvalue weighted by Crippen LogP contribution is 2.27. The number of hydrogen-bond donors (Lipinski definition) is 2. The van der Waals surface area contributed by atoms with Gasteiger partial charge in [0.05, 0.1) is 21.5 Å². The molecule has 0 bridgehead atoms. The summed E-state index contributed by atoms with van der Waals surface area (Å²) in [7, 11) is -3.73. The van der Waals surface area contributed by atoms with Crippen molar-refractivity contribution in [3.8, 4) is 0 Å². The third-order valence-corrected chi connectivity index (χ3v) is 4.89. The van der Waals surface area contributed by atoms with Crippen molar-refractivity contribution in [1.82, 2.24) is 9.71 Å². The van der Waals surface area contributed by atoms with Crippen molar-refractivity contribution >= 4 is 32.5 Å². The minimum atomic E-state index is -3.73. The van der Waals surface area contributed by atoms with Crippen molar-refractivity contribution < 1.29 is 13.5 Å². The number of rotatable bonds is 6. The van der Waals surface area contributed by atoms with Gasteiger partial charge < -0.3 is 5.11 Å². The largest absolute Gasteiger partial charge is 0.392 e. The van der Waals surface area contributed by atoms with Crippen LogP contribution >= 0.6 is 11.6 Å². The number of aromatic nitrogens is 1. The van der Waals surface area contributed by atoms with Crippen molar-refractivity contribution in [3.63, 3.8) is 0 Å². The Balaban J connectivity index is 2.35. The fourth-order valence-electron chi connectivity index (χ4n) is 2.07. The van der Waals surface area contributed by atoms with E-state index in [0.717, 1.165) is 6.42 Å². The molecule has 0 aliphatic heterocycles. The molecule has 1 aromatic heterocycles. The second kappa shape index (κ2) is 6.70. The number of nitrogens with zero attached hydrogens (tertiary/aromatic N) is 1. The zero-order chi connectivity index (χ0) is 15.5. The van der Waals surface area contributed by atoms with E-state index >= 15 is 0 Å². The molecule has 1 heterocycles. The minimum absolute atomic E-state index is 0.0133. The van der Waals surface area contributed by atoms with Gasteiger partial charge in [0.25, 0.3) is 0 Å². The Morgan fingerprint density at radius 3 is 2.86 bits per heavy atom. The fraction of sp³-hybridized carbons (Fsp3) is 0.357. The van der Waals surface area contributed by atoms with E-state index in [9.17, 15) is 13.5 Å². The molecule has 0 amide bonds. The van der Waals surface area contributed by atoms with Crippen LogP contribution in [0.15, 0.2) is 35.4 Å². The van der Waals surface area contributed by atoms with E-state index in [4.69, 9.17) is 11.6 Å². The van der Waals surface area contributed by atoms with Gasteiger partial charge in [0.15, 0.2) is 0 Å². The summed E-state index contributed by atoms with van der Waals surface area (Å²) in [6.07, 6.45) is 2.20. The van der Waals surface area contributed by atoms with Gasteiger partial charge in [0, 0.05) is 18.1 Å². The summed E-state index contributed by atoms with van der Waals surface area (Å²) in [5, 5.41) is 10.5. The lowest BCUT2D eigenvalue weighted by Gasteiger charge is -2.13. The van der Waals surface area contributed by atoms with Crippen molar-refractivity contribution in [2.24, 2.45) is 0 Å². The van der Waals surface area contributed by atoms with Crippen LogP contribution in [0.1, 0.15) is 19.8 Å². The number of benzene rings is 1. The van der Waals surface area contributed by atoms with Gasteiger partial charge >= 0.3 is 0 Å². The standard InChI is InChI=1S/C14H17ClN2O3S/c1-2-4-10(18)9-17-21(19,20)13-7-6-12(15)14-11(13)5-3-8-16-14/h3,5-8,10,17-18H,2,4,9H2,1H3. The smallest absolute Gasteiger partial charge is 0.241 e. The molecule has 7 heteroatoms. The van der Waals surface area contributed by atoms with Gasteiger partial charge in [0.2, 0.25) is 10.0 Å². The molecule has 114 valence electrons. The Labute approximate surface area is 129 Å². The Morgan fingerprint density at radius 1 is 1.38 bits per heavy atom. The van der Waals surface area contributed by atoms with E-state index < -0.39 is 16.1 Å². The molecule has 21 heavy (non-hydrogen) atoms. The quantitative estimate of drug-likeness (QED) is 0.853. The molecule has 0 aliphatic carbocycles. The van der Waals surface area contributed by atoms with Crippen molar-refractivity contribution in [2.45, 2.75) is 30.8 Å². The van der Waals surface area contributed by atoms with Crippen LogP contribution in [0.5, 0.6) is 0 Å². The highest BCUT2D eigenvalue weighted by atomic mass is 35.5. The lowest BCUT2D eigenvalue weighted by Crippen LogP contribution is -2.32. The predicted octanol–water partition coefficient (Wildman–Crippen LogP) is 2.33. The maximum absolute atomic E-state index is 12.4. The zero-order valence-corrected chi connectivity index (χ0v) is 13.2. The number of fused-ring (bicyclic) bond motifs is 1. The first kappa shape index (κ1) is 16.2. The average Bonchev–Trinajstić information content (AvgIpc) is 2.46. The van der Waals surface area contributed by atoms with E-state index in [1.807, 2.05) is 6.92 Å². The van der Waals surface area contributed by atoms with E-state index in [1.54, 1.807) is 18.3 Å². The molecule has 0 saturated carbocycles. The predicted molar refractivity (Wildman–Crippen MR) is 82.9 cm³/mol. The first-order valence-corrected chi connectivity index (χ1v) is 8.52. The molecule has 0 aliphatic rings. The number of hydrogen-bond acceptors (Lipinski definition) is 4. The number of pyridine rings is 1. The molecule has 0 spiro atoms. The lowest BCUT2D eigenvalue weighted by atomic mass is 10.2. The van der Waals surface area contributed by atoms with Gasteiger partial charge in [-0.2, -0.15) is 0 Å². The third kappa shape index (κ3) is 3.71. The Kier molecular flexibility index (Phi) is 5.16. The van der Waals surface area contributed by atoms with Gasteiger partial charge in [-0.1, -0.05) is 24.9 Å². The van der Waals surface area contributed by atoms with Crippen LogP contribution < -0.4 is 4.72 Å². The number of nitrogens with one attached hydrogen (secondary N) is 1. The van der Waals surface area contributed by atoms with Crippen LogP contribution in [0.2, 0.25) is 5.02 Å². The summed E-state index contributed by atoms with van der Waals surface area (Å²) in [6, 6.07) is 6.27. The number of aliphatic hydroxyl groups is 1. The van der Waals surface area contributed by atoms with Crippen LogP contribution in [-0.4, -0.2) is 31.2 Å². The van der Waals surface area contributed by atoms with Crippen LogP contribution in [0.4, 0.5) is 0 Å². The first-order chi connectivity index (χ1) is 9.95. The third-order valence-electron chi connectivity index (χ3n) is 3.10. The molecule has 2 aromatic rings. The molecule has 2 rings (SSSR count).